The van der Waals surface area contributed by atoms with E-state index in [-0.39, 0.29) is 12.0 Å². The van der Waals surface area contributed by atoms with Crippen molar-refractivity contribution in [1.29, 1.82) is 0 Å². The minimum atomic E-state index is 0.0420. The molecule has 0 radical (unpaired) electrons. The predicted octanol–water partition coefficient (Wildman–Crippen LogP) is 2.44. The van der Waals surface area contributed by atoms with Crippen LogP contribution in [0, 0.1) is 0 Å². The molecule has 2 aliphatic carbocycles. The number of amides is 1. The van der Waals surface area contributed by atoms with Crippen LogP contribution in [-0.2, 0) is 28.8 Å². The summed E-state index contributed by atoms with van der Waals surface area (Å²) in [4.78, 5) is 14.9. The van der Waals surface area contributed by atoms with E-state index in [2.05, 4.69) is 22.3 Å². The third-order valence-corrected chi connectivity index (χ3v) is 5.98. The van der Waals surface area contributed by atoms with Gasteiger partial charge in [0.2, 0.25) is 5.91 Å². The van der Waals surface area contributed by atoms with Gasteiger partial charge < -0.3 is 14.5 Å². The molecule has 1 aromatic heterocycles. The van der Waals surface area contributed by atoms with Crippen molar-refractivity contribution in [2.45, 2.75) is 50.7 Å². The summed E-state index contributed by atoms with van der Waals surface area (Å²) in [6, 6.07) is 5.14. The first-order valence-corrected chi connectivity index (χ1v) is 9.90. The number of furan rings is 1. The fourth-order valence-electron chi connectivity index (χ4n) is 4.39. The number of fused-ring (bicyclic) bond motifs is 2. The lowest BCUT2D eigenvalue weighted by Gasteiger charge is -2.33. The predicted molar refractivity (Wildman–Crippen MR) is 99.3 cm³/mol. The molecule has 1 aliphatic heterocycles. The molecule has 1 saturated carbocycles. The zero-order valence-corrected chi connectivity index (χ0v) is 15.1. The molecule has 5 heteroatoms. The lowest BCUT2D eigenvalue weighted by atomic mass is 10.0. The number of hydrogen-bond acceptors (Lipinski definition) is 4. The monoisotopic (exact) mass is 354 g/mol. The molecule has 0 spiro atoms. The Morgan fingerprint density at radius 1 is 1.23 bits per heavy atom. The van der Waals surface area contributed by atoms with Gasteiger partial charge in [-0.2, -0.15) is 0 Å². The van der Waals surface area contributed by atoms with Crippen molar-refractivity contribution in [1.82, 2.24) is 10.2 Å². The Balaban J connectivity index is 1.20. The van der Waals surface area contributed by atoms with Gasteiger partial charge in [0.15, 0.2) is 0 Å². The van der Waals surface area contributed by atoms with Crippen molar-refractivity contribution in [2.24, 2.45) is 0 Å². The summed E-state index contributed by atoms with van der Waals surface area (Å²) in [6.07, 6.45) is 8.34. The van der Waals surface area contributed by atoms with Crippen molar-refractivity contribution < 1.29 is 13.9 Å². The highest BCUT2D eigenvalue weighted by molar-refractivity contribution is 5.88. The molecule has 1 aromatic carbocycles. The van der Waals surface area contributed by atoms with Crippen molar-refractivity contribution >= 4 is 16.9 Å². The zero-order chi connectivity index (χ0) is 17.5. The SMILES string of the molecule is O=C(Cc1coc2cc3c(cc12)CCC3)NCC1CN(C2CC2)CCO1. The second-order valence-electron chi connectivity index (χ2n) is 7.93. The van der Waals surface area contributed by atoms with Gasteiger partial charge in [0.05, 0.1) is 25.4 Å². The van der Waals surface area contributed by atoms with Gasteiger partial charge in [-0.25, -0.2) is 0 Å². The van der Waals surface area contributed by atoms with Crippen LogP contribution < -0.4 is 5.32 Å². The molecular formula is C21H26N2O3. The van der Waals surface area contributed by atoms with Gasteiger partial charge in [-0.3, -0.25) is 9.69 Å². The Hall–Kier alpha value is -1.85. The van der Waals surface area contributed by atoms with Crippen molar-refractivity contribution in [3.63, 3.8) is 0 Å². The van der Waals surface area contributed by atoms with Gasteiger partial charge in [0.1, 0.15) is 5.58 Å². The molecule has 2 aromatic rings. The van der Waals surface area contributed by atoms with E-state index in [0.29, 0.717) is 13.0 Å². The first-order chi connectivity index (χ1) is 12.8. The number of benzene rings is 1. The van der Waals surface area contributed by atoms with Crippen LogP contribution in [0.25, 0.3) is 11.0 Å². The lowest BCUT2D eigenvalue weighted by Crippen LogP contribution is -2.48. The summed E-state index contributed by atoms with van der Waals surface area (Å²) in [5.74, 6) is 0.0420. The van der Waals surface area contributed by atoms with Crippen LogP contribution >= 0.6 is 0 Å². The Morgan fingerprint density at radius 3 is 2.92 bits per heavy atom. The van der Waals surface area contributed by atoms with Crippen LogP contribution in [0.2, 0.25) is 0 Å². The lowest BCUT2D eigenvalue weighted by molar-refractivity contribution is -0.121. The second kappa shape index (κ2) is 6.71. The number of nitrogens with zero attached hydrogens (tertiary/aromatic N) is 1. The second-order valence-corrected chi connectivity index (χ2v) is 7.93. The summed E-state index contributed by atoms with van der Waals surface area (Å²) < 4.78 is 11.5. The maximum absolute atomic E-state index is 12.4. The van der Waals surface area contributed by atoms with E-state index >= 15 is 0 Å². The Bertz CT molecular complexity index is 824. The normalized spacial score (nSPS) is 23.3. The van der Waals surface area contributed by atoms with Crippen LogP contribution in [0.1, 0.15) is 36.0 Å². The molecule has 3 aliphatic rings. The molecule has 1 amide bonds. The van der Waals surface area contributed by atoms with Crippen LogP contribution in [0.4, 0.5) is 0 Å². The van der Waals surface area contributed by atoms with Crippen LogP contribution in [-0.4, -0.2) is 49.2 Å². The fraction of sp³-hybridized carbons (Fsp3) is 0.571. The van der Waals surface area contributed by atoms with Crippen LogP contribution in [0.15, 0.2) is 22.8 Å². The van der Waals surface area contributed by atoms with Gasteiger partial charge >= 0.3 is 0 Å². The number of ether oxygens (including phenoxy) is 1. The van der Waals surface area contributed by atoms with Crippen molar-refractivity contribution in [3.05, 3.63) is 35.1 Å². The number of rotatable bonds is 5. The van der Waals surface area contributed by atoms with E-state index in [4.69, 9.17) is 9.15 Å². The minimum absolute atomic E-state index is 0.0420. The van der Waals surface area contributed by atoms with E-state index in [9.17, 15) is 4.79 Å². The molecule has 2 heterocycles. The largest absolute Gasteiger partial charge is 0.464 e. The van der Waals surface area contributed by atoms with Gasteiger partial charge in [0.25, 0.3) is 0 Å². The standard InChI is InChI=1S/C21H26N2O3/c24-21(22-11-18-12-23(6-7-25-18)17-4-5-17)10-16-13-26-20-9-15-3-1-2-14(15)8-19(16)20/h8-9,13,17-18H,1-7,10-12H2,(H,22,24). The number of carbonyl (C=O) groups is 1. The quantitative estimate of drug-likeness (QED) is 0.896. The minimum Gasteiger partial charge on any atom is -0.464 e. The Kier molecular flexibility index (Phi) is 4.21. The first kappa shape index (κ1) is 16.3. The number of aryl methyl sites for hydroxylation is 2. The number of hydrogen-bond donors (Lipinski definition) is 1. The third-order valence-electron chi connectivity index (χ3n) is 5.98. The maximum Gasteiger partial charge on any atom is 0.224 e. The topological polar surface area (TPSA) is 54.7 Å². The molecule has 1 N–H and O–H groups in total. The smallest absolute Gasteiger partial charge is 0.224 e. The Morgan fingerprint density at radius 2 is 2.08 bits per heavy atom. The highest BCUT2D eigenvalue weighted by atomic mass is 16.5. The van der Waals surface area contributed by atoms with Crippen molar-refractivity contribution in [3.8, 4) is 0 Å². The van der Waals surface area contributed by atoms with E-state index in [0.717, 1.165) is 55.1 Å². The first-order valence-electron chi connectivity index (χ1n) is 9.90. The molecule has 2 fully saturated rings. The molecule has 1 saturated heterocycles. The van der Waals surface area contributed by atoms with Crippen LogP contribution in [0.5, 0.6) is 0 Å². The number of morpholine rings is 1. The third kappa shape index (κ3) is 3.26. The molecule has 0 bridgehead atoms. The Labute approximate surface area is 153 Å². The molecule has 1 unspecified atom stereocenters. The molecular weight excluding hydrogens is 328 g/mol. The summed E-state index contributed by atoms with van der Waals surface area (Å²) in [7, 11) is 0. The fourth-order valence-corrected chi connectivity index (χ4v) is 4.39. The van der Waals surface area contributed by atoms with Gasteiger partial charge in [0, 0.05) is 36.6 Å². The van der Waals surface area contributed by atoms with Gasteiger partial charge in [-0.15, -0.1) is 0 Å². The van der Waals surface area contributed by atoms with E-state index < -0.39 is 0 Å². The molecule has 5 nitrogen and oxygen atoms in total. The summed E-state index contributed by atoms with van der Waals surface area (Å²) in [6.45, 7) is 3.33. The zero-order valence-electron chi connectivity index (χ0n) is 15.1. The van der Waals surface area contributed by atoms with Crippen molar-refractivity contribution in [2.75, 3.05) is 26.2 Å². The average molecular weight is 354 g/mol. The van der Waals surface area contributed by atoms with Crippen LogP contribution in [0.3, 0.4) is 0 Å². The molecule has 5 rings (SSSR count). The number of carbonyl (C=O) groups excluding carboxylic acids is 1. The summed E-state index contributed by atoms with van der Waals surface area (Å²) >= 11 is 0. The molecule has 26 heavy (non-hydrogen) atoms. The maximum atomic E-state index is 12.4. The highest BCUT2D eigenvalue weighted by Crippen LogP contribution is 2.30. The van der Waals surface area contributed by atoms with Gasteiger partial charge in [-0.1, -0.05) is 0 Å². The average Bonchev–Trinajstić information content (AvgIpc) is 3.30. The van der Waals surface area contributed by atoms with Gasteiger partial charge in [-0.05, 0) is 55.4 Å². The summed E-state index contributed by atoms with van der Waals surface area (Å²) in [5, 5.41) is 4.15. The molecule has 138 valence electrons. The summed E-state index contributed by atoms with van der Waals surface area (Å²) in [5.41, 5.74) is 4.70. The van der Waals surface area contributed by atoms with E-state index in [1.807, 2.05) is 0 Å². The molecule has 1 atom stereocenters. The number of nitrogens with one attached hydrogen (secondary N) is 1. The van der Waals surface area contributed by atoms with E-state index in [1.165, 1.54) is 30.4 Å². The van der Waals surface area contributed by atoms with E-state index in [1.54, 1.807) is 6.26 Å². The highest BCUT2D eigenvalue weighted by Gasteiger charge is 2.33.